The first-order valence-corrected chi connectivity index (χ1v) is 11.0. The molecular formula is C23H28FN3O4. The summed E-state index contributed by atoms with van der Waals surface area (Å²) in [5, 5.41) is 12.5. The van der Waals surface area contributed by atoms with E-state index in [1.54, 1.807) is 10.6 Å². The highest BCUT2D eigenvalue weighted by atomic mass is 19.1. The van der Waals surface area contributed by atoms with E-state index in [1.807, 2.05) is 0 Å². The van der Waals surface area contributed by atoms with Gasteiger partial charge in [0.25, 0.3) is 5.56 Å². The number of hydrogen-bond acceptors (Lipinski definition) is 4. The van der Waals surface area contributed by atoms with E-state index in [-0.39, 0.29) is 23.0 Å². The summed E-state index contributed by atoms with van der Waals surface area (Å²) in [4.78, 5) is 37.6. The summed E-state index contributed by atoms with van der Waals surface area (Å²) in [5.74, 6) is -1.83. The Hall–Kier alpha value is -2.90. The number of benzene rings is 1. The summed E-state index contributed by atoms with van der Waals surface area (Å²) in [5.41, 5.74) is -0.828. The number of carbonyl (C=O) groups is 1. The lowest BCUT2D eigenvalue weighted by molar-refractivity contribution is -0.132. The van der Waals surface area contributed by atoms with Crippen LogP contribution >= 0.6 is 0 Å². The average molecular weight is 429 g/mol. The Morgan fingerprint density at radius 1 is 1.10 bits per heavy atom. The molecule has 2 aliphatic rings. The molecule has 0 aliphatic heterocycles. The molecular weight excluding hydrogens is 401 g/mol. The number of anilines is 1. The van der Waals surface area contributed by atoms with Crippen molar-refractivity contribution in [2.75, 3.05) is 5.32 Å². The van der Waals surface area contributed by atoms with Gasteiger partial charge in [-0.1, -0.05) is 38.7 Å². The fraction of sp³-hybridized carbons (Fsp3) is 0.522. The molecule has 2 saturated carbocycles. The van der Waals surface area contributed by atoms with Crippen LogP contribution in [0.4, 0.5) is 10.1 Å². The molecule has 0 saturated heterocycles. The molecule has 0 spiro atoms. The van der Waals surface area contributed by atoms with Gasteiger partial charge in [0.05, 0.1) is 23.1 Å². The van der Waals surface area contributed by atoms with E-state index in [2.05, 4.69) is 11.9 Å². The quantitative estimate of drug-likeness (QED) is 0.682. The maximum atomic E-state index is 15.0. The van der Waals surface area contributed by atoms with Crippen molar-refractivity contribution >= 4 is 22.6 Å². The first kappa shape index (κ1) is 21.3. The summed E-state index contributed by atoms with van der Waals surface area (Å²) in [6.07, 6.45) is 8.81. The number of aliphatic carboxylic acids is 1. The topological polar surface area (TPSA) is 93.3 Å². The molecule has 0 unspecified atom stereocenters. The van der Waals surface area contributed by atoms with E-state index in [1.165, 1.54) is 12.5 Å². The van der Waals surface area contributed by atoms with Crippen LogP contribution in [0.2, 0.25) is 0 Å². The minimum absolute atomic E-state index is 0.0800. The van der Waals surface area contributed by atoms with Gasteiger partial charge in [0, 0.05) is 17.7 Å². The zero-order valence-electron chi connectivity index (χ0n) is 17.5. The van der Waals surface area contributed by atoms with Crippen molar-refractivity contribution in [2.45, 2.75) is 76.4 Å². The molecule has 7 nitrogen and oxygen atoms in total. The van der Waals surface area contributed by atoms with Gasteiger partial charge in [0.1, 0.15) is 5.82 Å². The molecule has 0 bridgehead atoms. The molecule has 1 aromatic heterocycles. The first-order valence-electron chi connectivity index (χ1n) is 11.0. The largest absolute Gasteiger partial charge is 0.478 e. The molecule has 0 amide bonds. The lowest BCUT2D eigenvalue weighted by Crippen LogP contribution is -2.42. The third kappa shape index (κ3) is 4.16. The van der Waals surface area contributed by atoms with Gasteiger partial charge in [-0.25, -0.2) is 14.0 Å². The molecule has 166 valence electrons. The zero-order chi connectivity index (χ0) is 22.1. The lowest BCUT2D eigenvalue weighted by Gasteiger charge is -2.25. The summed E-state index contributed by atoms with van der Waals surface area (Å²) >= 11 is 0. The molecule has 31 heavy (non-hydrogen) atoms. The molecule has 1 heterocycles. The van der Waals surface area contributed by atoms with Crippen LogP contribution in [-0.4, -0.2) is 26.3 Å². The average Bonchev–Trinajstić information content (AvgIpc) is 3.27. The SMILES string of the molecule is C=C(Cn1c(=O)c2cc(F)c(NC3CCCCC3)cc2n(C2CCCC2)c1=O)C(=O)O. The second-order valence-corrected chi connectivity index (χ2v) is 8.72. The second kappa shape index (κ2) is 8.69. The number of nitrogens with zero attached hydrogens (tertiary/aromatic N) is 2. The molecule has 8 heteroatoms. The van der Waals surface area contributed by atoms with E-state index in [9.17, 15) is 18.8 Å². The Kier molecular flexibility index (Phi) is 5.98. The molecule has 2 aliphatic carbocycles. The van der Waals surface area contributed by atoms with E-state index >= 15 is 0 Å². The van der Waals surface area contributed by atoms with Gasteiger partial charge in [-0.05, 0) is 37.8 Å². The van der Waals surface area contributed by atoms with Crippen molar-refractivity contribution in [1.29, 1.82) is 0 Å². The Balaban J connectivity index is 1.88. The van der Waals surface area contributed by atoms with Gasteiger partial charge in [-0.15, -0.1) is 0 Å². The van der Waals surface area contributed by atoms with E-state index in [0.717, 1.165) is 55.9 Å². The third-order valence-electron chi connectivity index (χ3n) is 6.56. The van der Waals surface area contributed by atoms with Gasteiger partial charge in [0.2, 0.25) is 0 Å². The van der Waals surface area contributed by atoms with Crippen molar-refractivity contribution in [3.05, 3.63) is 50.9 Å². The van der Waals surface area contributed by atoms with Crippen LogP contribution in [0.1, 0.15) is 63.8 Å². The molecule has 4 rings (SSSR count). The summed E-state index contributed by atoms with van der Waals surface area (Å²) in [7, 11) is 0. The number of rotatable bonds is 6. The standard InChI is InChI=1S/C23H28FN3O4/c1-14(22(29)30)13-26-21(28)17-11-18(24)19(25-15-7-3-2-4-8-15)12-20(17)27(23(26)31)16-9-5-6-10-16/h11-12,15-16,25H,1-10,13H2,(H,29,30). The number of nitrogens with one attached hydrogen (secondary N) is 1. The highest BCUT2D eigenvalue weighted by Crippen LogP contribution is 2.32. The number of halogens is 1. The van der Waals surface area contributed by atoms with Crippen LogP contribution in [-0.2, 0) is 11.3 Å². The van der Waals surface area contributed by atoms with Crippen molar-refractivity contribution in [3.8, 4) is 0 Å². The predicted octanol–water partition coefficient (Wildman–Crippen LogP) is 3.80. The maximum Gasteiger partial charge on any atom is 0.332 e. The van der Waals surface area contributed by atoms with Gasteiger partial charge < -0.3 is 10.4 Å². The third-order valence-corrected chi connectivity index (χ3v) is 6.56. The lowest BCUT2D eigenvalue weighted by atomic mass is 9.95. The predicted molar refractivity (Wildman–Crippen MR) is 117 cm³/mol. The molecule has 2 fully saturated rings. The minimum Gasteiger partial charge on any atom is -0.478 e. The Morgan fingerprint density at radius 3 is 2.39 bits per heavy atom. The van der Waals surface area contributed by atoms with E-state index in [0.29, 0.717) is 11.2 Å². The number of hydrogen-bond donors (Lipinski definition) is 2. The Bertz CT molecular complexity index is 1140. The molecule has 1 aromatic carbocycles. The molecule has 2 aromatic rings. The van der Waals surface area contributed by atoms with Gasteiger partial charge in [0.15, 0.2) is 0 Å². The summed E-state index contributed by atoms with van der Waals surface area (Å²) in [6.45, 7) is 3.01. The van der Waals surface area contributed by atoms with Gasteiger partial charge >= 0.3 is 11.7 Å². The molecule has 2 N–H and O–H groups in total. The summed E-state index contributed by atoms with van der Waals surface area (Å²) < 4.78 is 17.4. The second-order valence-electron chi connectivity index (χ2n) is 8.72. The molecule has 0 atom stereocenters. The number of carboxylic acids is 1. The first-order chi connectivity index (χ1) is 14.9. The van der Waals surface area contributed by atoms with Crippen LogP contribution in [0.25, 0.3) is 10.9 Å². The van der Waals surface area contributed by atoms with Crippen molar-refractivity contribution in [2.24, 2.45) is 0 Å². The van der Waals surface area contributed by atoms with Crippen LogP contribution in [0, 0.1) is 5.82 Å². The number of fused-ring (bicyclic) bond motifs is 1. The highest BCUT2D eigenvalue weighted by Gasteiger charge is 2.25. The number of aromatic nitrogens is 2. The van der Waals surface area contributed by atoms with Crippen molar-refractivity contribution in [1.82, 2.24) is 9.13 Å². The number of carboxylic acid groups (broad SMARTS) is 1. The normalized spacial score (nSPS) is 17.8. The Morgan fingerprint density at radius 2 is 1.74 bits per heavy atom. The smallest absolute Gasteiger partial charge is 0.332 e. The van der Waals surface area contributed by atoms with Crippen LogP contribution < -0.4 is 16.6 Å². The molecule has 0 radical (unpaired) electrons. The monoisotopic (exact) mass is 429 g/mol. The van der Waals surface area contributed by atoms with Crippen LogP contribution in [0.5, 0.6) is 0 Å². The Labute approximate surface area is 179 Å². The maximum absolute atomic E-state index is 15.0. The van der Waals surface area contributed by atoms with Crippen molar-refractivity contribution < 1.29 is 14.3 Å². The van der Waals surface area contributed by atoms with Crippen LogP contribution in [0.3, 0.4) is 0 Å². The van der Waals surface area contributed by atoms with Crippen molar-refractivity contribution in [3.63, 3.8) is 0 Å². The van der Waals surface area contributed by atoms with E-state index < -0.39 is 29.6 Å². The fourth-order valence-electron chi connectivity index (χ4n) is 4.89. The fourth-order valence-corrected chi connectivity index (χ4v) is 4.89. The van der Waals surface area contributed by atoms with Gasteiger partial charge in [-0.3, -0.25) is 13.9 Å². The van der Waals surface area contributed by atoms with Gasteiger partial charge in [-0.2, -0.15) is 0 Å². The van der Waals surface area contributed by atoms with Crippen LogP contribution in [0.15, 0.2) is 33.9 Å². The summed E-state index contributed by atoms with van der Waals surface area (Å²) in [6, 6.07) is 2.82. The van der Waals surface area contributed by atoms with E-state index in [4.69, 9.17) is 5.11 Å². The minimum atomic E-state index is -1.28. The zero-order valence-corrected chi connectivity index (χ0v) is 17.5. The highest BCUT2D eigenvalue weighted by molar-refractivity contribution is 5.86.